The zero-order valence-electron chi connectivity index (χ0n) is 10.9. The third-order valence-corrected chi connectivity index (χ3v) is 2.40. The van der Waals surface area contributed by atoms with E-state index in [-0.39, 0.29) is 11.7 Å². The van der Waals surface area contributed by atoms with Crippen LogP contribution in [0, 0.1) is 17.0 Å². The maximum atomic E-state index is 11.0. The Morgan fingerprint density at radius 3 is 2.65 bits per heavy atom. The van der Waals surface area contributed by atoms with Crippen LogP contribution in [-0.2, 0) is 7.05 Å². The van der Waals surface area contributed by atoms with E-state index in [1.807, 2.05) is 25.9 Å². The topological polar surface area (TPSA) is 76.2 Å². The van der Waals surface area contributed by atoms with Crippen molar-refractivity contribution in [2.24, 2.45) is 7.05 Å². The SMILES string of the molecule is Cc1nn(C)c(NC(C)CN(C)C)c1[N+](=O)[O-]. The summed E-state index contributed by atoms with van der Waals surface area (Å²) in [6, 6.07) is 0.110. The van der Waals surface area contributed by atoms with Crippen molar-refractivity contribution >= 4 is 11.5 Å². The molecule has 96 valence electrons. The van der Waals surface area contributed by atoms with Gasteiger partial charge in [-0.2, -0.15) is 5.10 Å². The van der Waals surface area contributed by atoms with E-state index < -0.39 is 4.92 Å². The van der Waals surface area contributed by atoms with Gasteiger partial charge in [-0.15, -0.1) is 0 Å². The number of aryl methyl sites for hydroxylation is 2. The van der Waals surface area contributed by atoms with Crippen molar-refractivity contribution in [1.82, 2.24) is 14.7 Å². The predicted octanol–water partition coefficient (Wildman–Crippen LogP) is 0.999. The molecule has 1 aromatic heterocycles. The zero-order chi connectivity index (χ0) is 13.2. The Balaban J connectivity index is 2.94. The summed E-state index contributed by atoms with van der Waals surface area (Å²) in [4.78, 5) is 12.6. The molecule has 1 heterocycles. The highest BCUT2D eigenvalue weighted by molar-refractivity contribution is 5.59. The smallest absolute Gasteiger partial charge is 0.333 e. The number of hydrogen-bond acceptors (Lipinski definition) is 5. The molecule has 0 saturated heterocycles. The standard InChI is InChI=1S/C10H19N5O2/c1-7(6-13(3)4)11-10-9(15(16)17)8(2)12-14(10)5/h7,11H,6H2,1-5H3. The first-order valence-electron chi connectivity index (χ1n) is 5.42. The second-order valence-corrected chi connectivity index (χ2v) is 4.47. The molecule has 1 rings (SSSR count). The molecule has 1 atom stereocenters. The van der Waals surface area contributed by atoms with Crippen LogP contribution >= 0.6 is 0 Å². The number of anilines is 1. The van der Waals surface area contributed by atoms with Gasteiger partial charge in [-0.3, -0.25) is 10.1 Å². The summed E-state index contributed by atoms with van der Waals surface area (Å²) >= 11 is 0. The van der Waals surface area contributed by atoms with E-state index >= 15 is 0 Å². The van der Waals surface area contributed by atoms with Crippen LogP contribution in [0.15, 0.2) is 0 Å². The van der Waals surface area contributed by atoms with Gasteiger partial charge in [-0.25, -0.2) is 4.68 Å². The van der Waals surface area contributed by atoms with E-state index in [9.17, 15) is 10.1 Å². The van der Waals surface area contributed by atoms with Crippen molar-refractivity contribution in [3.63, 3.8) is 0 Å². The molecule has 7 heteroatoms. The molecule has 0 aliphatic heterocycles. The number of rotatable bonds is 5. The van der Waals surface area contributed by atoms with E-state index in [1.165, 1.54) is 4.68 Å². The fraction of sp³-hybridized carbons (Fsp3) is 0.700. The Hall–Kier alpha value is -1.63. The van der Waals surface area contributed by atoms with Crippen LogP contribution in [0.4, 0.5) is 11.5 Å². The molecule has 0 bridgehead atoms. The first-order valence-corrected chi connectivity index (χ1v) is 5.42. The largest absolute Gasteiger partial charge is 0.361 e. The fourth-order valence-electron chi connectivity index (χ4n) is 1.85. The molecule has 0 radical (unpaired) electrons. The molecular weight excluding hydrogens is 222 g/mol. The van der Waals surface area contributed by atoms with E-state index in [0.717, 1.165) is 6.54 Å². The van der Waals surface area contributed by atoms with Crippen molar-refractivity contribution in [3.05, 3.63) is 15.8 Å². The quantitative estimate of drug-likeness (QED) is 0.614. The molecule has 0 aliphatic rings. The Bertz CT molecular complexity index is 413. The van der Waals surface area contributed by atoms with Crippen molar-refractivity contribution in [2.45, 2.75) is 19.9 Å². The minimum absolute atomic E-state index is 0.0538. The van der Waals surface area contributed by atoms with Gasteiger partial charge in [-0.1, -0.05) is 0 Å². The molecule has 0 spiro atoms. The van der Waals surface area contributed by atoms with Crippen LogP contribution in [0.5, 0.6) is 0 Å². The Morgan fingerprint density at radius 2 is 2.18 bits per heavy atom. The molecule has 0 aromatic carbocycles. The van der Waals surface area contributed by atoms with Crippen molar-refractivity contribution in [2.75, 3.05) is 26.0 Å². The minimum Gasteiger partial charge on any atom is -0.361 e. The molecule has 0 saturated carbocycles. The van der Waals surface area contributed by atoms with Crippen molar-refractivity contribution in [3.8, 4) is 0 Å². The molecule has 1 N–H and O–H groups in total. The van der Waals surface area contributed by atoms with Gasteiger partial charge in [0, 0.05) is 19.6 Å². The van der Waals surface area contributed by atoms with E-state index in [4.69, 9.17) is 0 Å². The summed E-state index contributed by atoms with van der Waals surface area (Å²) in [6.45, 7) is 4.41. The first-order chi connectivity index (χ1) is 7.82. The molecule has 7 nitrogen and oxygen atoms in total. The molecule has 1 unspecified atom stereocenters. The molecule has 1 aromatic rings. The van der Waals surface area contributed by atoms with Crippen molar-refractivity contribution in [1.29, 1.82) is 0 Å². The minimum atomic E-state index is -0.396. The third-order valence-electron chi connectivity index (χ3n) is 2.40. The summed E-state index contributed by atoms with van der Waals surface area (Å²) in [5, 5.41) is 18.2. The fourth-order valence-corrected chi connectivity index (χ4v) is 1.85. The van der Waals surface area contributed by atoms with Gasteiger partial charge in [-0.05, 0) is 27.9 Å². The van der Waals surface area contributed by atoms with Crippen LogP contribution in [0.1, 0.15) is 12.6 Å². The molecule has 17 heavy (non-hydrogen) atoms. The van der Waals surface area contributed by atoms with Gasteiger partial charge in [0.25, 0.3) is 0 Å². The van der Waals surface area contributed by atoms with Gasteiger partial charge in [0.15, 0.2) is 0 Å². The number of nitrogens with zero attached hydrogens (tertiary/aromatic N) is 4. The second kappa shape index (κ2) is 5.13. The summed E-state index contributed by atoms with van der Waals surface area (Å²) in [6.07, 6.45) is 0. The monoisotopic (exact) mass is 241 g/mol. The Kier molecular flexibility index (Phi) is 4.06. The molecular formula is C10H19N5O2. The van der Waals surface area contributed by atoms with Crippen LogP contribution in [0.2, 0.25) is 0 Å². The lowest BCUT2D eigenvalue weighted by Crippen LogP contribution is -2.30. The summed E-state index contributed by atoms with van der Waals surface area (Å²) in [5.41, 5.74) is 0.482. The third kappa shape index (κ3) is 3.16. The first kappa shape index (κ1) is 13.4. The lowest BCUT2D eigenvalue weighted by molar-refractivity contribution is -0.384. The zero-order valence-corrected chi connectivity index (χ0v) is 10.9. The second-order valence-electron chi connectivity index (χ2n) is 4.47. The van der Waals surface area contributed by atoms with Crippen LogP contribution < -0.4 is 5.32 Å². The van der Waals surface area contributed by atoms with Gasteiger partial charge >= 0.3 is 5.69 Å². The number of nitrogens with one attached hydrogen (secondary N) is 1. The van der Waals surface area contributed by atoms with E-state index in [2.05, 4.69) is 10.4 Å². The highest BCUT2D eigenvalue weighted by Gasteiger charge is 2.24. The van der Waals surface area contributed by atoms with Gasteiger partial charge in [0.2, 0.25) is 5.82 Å². The van der Waals surface area contributed by atoms with Gasteiger partial charge in [0.1, 0.15) is 5.69 Å². The predicted molar refractivity (Wildman–Crippen MR) is 66.2 cm³/mol. The average molecular weight is 241 g/mol. The summed E-state index contributed by atoms with van der Waals surface area (Å²) in [7, 11) is 5.62. The highest BCUT2D eigenvalue weighted by atomic mass is 16.6. The average Bonchev–Trinajstić information content (AvgIpc) is 2.39. The van der Waals surface area contributed by atoms with Gasteiger partial charge < -0.3 is 10.2 Å². The lowest BCUT2D eigenvalue weighted by Gasteiger charge is -2.18. The maximum Gasteiger partial charge on any atom is 0.333 e. The van der Waals surface area contributed by atoms with E-state index in [1.54, 1.807) is 14.0 Å². The Morgan fingerprint density at radius 1 is 1.59 bits per heavy atom. The van der Waals surface area contributed by atoms with E-state index in [0.29, 0.717) is 11.5 Å². The number of hydrogen-bond donors (Lipinski definition) is 1. The van der Waals surface area contributed by atoms with Gasteiger partial charge in [0.05, 0.1) is 4.92 Å². The normalized spacial score (nSPS) is 12.8. The maximum absolute atomic E-state index is 11.0. The van der Waals surface area contributed by atoms with Crippen molar-refractivity contribution < 1.29 is 4.92 Å². The summed E-state index contributed by atoms with van der Waals surface area (Å²) in [5.74, 6) is 0.460. The lowest BCUT2D eigenvalue weighted by atomic mass is 10.3. The van der Waals surface area contributed by atoms with Crippen LogP contribution in [-0.4, -0.2) is 46.3 Å². The van der Waals surface area contributed by atoms with Crippen LogP contribution in [0.3, 0.4) is 0 Å². The molecule has 0 amide bonds. The Labute approximate surface area is 101 Å². The van der Waals surface area contributed by atoms with Crippen LogP contribution in [0.25, 0.3) is 0 Å². The number of aromatic nitrogens is 2. The molecule has 0 fully saturated rings. The molecule has 0 aliphatic carbocycles. The number of nitro groups is 1. The summed E-state index contributed by atoms with van der Waals surface area (Å²) < 4.78 is 1.51. The number of likely N-dealkylation sites (N-methyl/N-ethyl adjacent to an activating group) is 1. The highest BCUT2D eigenvalue weighted by Crippen LogP contribution is 2.27.